The first-order chi connectivity index (χ1) is 9.40. The summed E-state index contributed by atoms with van der Waals surface area (Å²) in [6.45, 7) is 0. The number of carbonyl (C=O) groups is 1. The number of carboxylic acids is 1. The van der Waals surface area contributed by atoms with Gasteiger partial charge in [-0.1, -0.05) is 0 Å². The number of nitrogen functional groups attached to an aromatic ring is 1. The molecule has 0 aliphatic carbocycles. The summed E-state index contributed by atoms with van der Waals surface area (Å²) in [5, 5.41) is 37.8. The van der Waals surface area contributed by atoms with Crippen LogP contribution in [0, 0.1) is 0 Å². The molecule has 20 heavy (non-hydrogen) atoms. The first-order valence-electron chi connectivity index (χ1n) is 5.85. The molecule has 1 aliphatic heterocycles. The lowest BCUT2D eigenvalue weighted by Gasteiger charge is -2.38. The Hall–Kier alpha value is -1.87. The van der Waals surface area contributed by atoms with Gasteiger partial charge in [0.05, 0.1) is 0 Å². The van der Waals surface area contributed by atoms with Gasteiger partial charge in [-0.3, -0.25) is 0 Å². The monoisotopic (exact) mass is 285 g/mol. The summed E-state index contributed by atoms with van der Waals surface area (Å²) in [6, 6.07) is 6.09. The molecule has 1 saturated heterocycles. The van der Waals surface area contributed by atoms with Gasteiger partial charge in [-0.15, -0.1) is 0 Å². The summed E-state index contributed by atoms with van der Waals surface area (Å²) in [5.74, 6) is -1.19. The van der Waals surface area contributed by atoms with Crippen LogP contribution in [0.15, 0.2) is 24.3 Å². The summed E-state index contributed by atoms with van der Waals surface area (Å²) < 4.78 is 10.2. The second-order valence-corrected chi connectivity index (χ2v) is 4.42. The average molecular weight is 285 g/mol. The van der Waals surface area contributed by atoms with Crippen molar-refractivity contribution in [3.63, 3.8) is 0 Å². The first-order valence-corrected chi connectivity index (χ1v) is 5.85. The van der Waals surface area contributed by atoms with Crippen LogP contribution >= 0.6 is 0 Å². The minimum atomic E-state index is -1.74. The quantitative estimate of drug-likeness (QED) is 0.424. The molecular formula is C12H15NO7. The number of rotatable bonds is 3. The predicted octanol–water partition coefficient (Wildman–Crippen LogP) is -1.46. The maximum absolute atomic E-state index is 10.9. The molecule has 110 valence electrons. The van der Waals surface area contributed by atoms with E-state index in [4.69, 9.17) is 20.3 Å². The molecule has 1 aromatic rings. The van der Waals surface area contributed by atoms with Gasteiger partial charge in [0.2, 0.25) is 6.29 Å². The van der Waals surface area contributed by atoms with E-state index in [-0.39, 0.29) is 5.75 Å². The molecule has 1 fully saturated rings. The summed E-state index contributed by atoms with van der Waals surface area (Å²) in [5.41, 5.74) is 6.00. The average Bonchev–Trinajstić information content (AvgIpc) is 2.41. The van der Waals surface area contributed by atoms with Gasteiger partial charge in [0.1, 0.15) is 24.1 Å². The number of carboxylic acid groups (broad SMARTS) is 1. The zero-order chi connectivity index (χ0) is 14.9. The molecule has 1 aromatic carbocycles. The van der Waals surface area contributed by atoms with E-state index in [0.29, 0.717) is 5.69 Å². The molecule has 1 aliphatic rings. The van der Waals surface area contributed by atoms with Gasteiger partial charge < -0.3 is 35.6 Å². The molecule has 0 radical (unpaired) electrons. The molecule has 8 nitrogen and oxygen atoms in total. The van der Waals surface area contributed by atoms with Crippen LogP contribution in [0.2, 0.25) is 0 Å². The van der Waals surface area contributed by atoms with Crippen LogP contribution in [0.5, 0.6) is 5.75 Å². The molecule has 0 amide bonds. The van der Waals surface area contributed by atoms with Crippen molar-refractivity contribution in [3.05, 3.63) is 24.3 Å². The van der Waals surface area contributed by atoms with Crippen LogP contribution in [0.25, 0.3) is 0 Å². The summed E-state index contributed by atoms with van der Waals surface area (Å²) >= 11 is 0. The lowest BCUT2D eigenvalue weighted by atomic mass is 9.99. The number of aliphatic carboxylic acids is 1. The van der Waals surface area contributed by atoms with E-state index in [1.54, 1.807) is 12.1 Å². The van der Waals surface area contributed by atoms with Crippen molar-refractivity contribution < 1.29 is 34.7 Å². The zero-order valence-corrected chi connectivity index (χ0v) is 10.3. The Morgan fingerprint density at radius 3 is 2.25 bits per heavy atom. The van der Waals surface area contributed by atoms with E-state index in [1.807, 2.05) is 0 Å². The van der Waals surface area contributed by atoms with Gasteiger partial charge in [-0.2, -0.15) is 0 Å². The Morgan fingerprint density at radius 2 is 1.70 bits per heavy atom. The van der Waals surface area contributed by atoms with E-state index in [2.05, 4.69) is 0 Å². The topological polar surface area (TPSA) is 142 Å². The molecule has 0 spiro atoms. The highest BCUT2D eigenvalue weighted by atomic mass is 16.7. The Kier molecular flexibility index (Phi) is 4.09. The third-order valence-electron chi connectivity index (χ3n) is 2.95. The molecule has 0 bridgehead atoms. The van der Waals surface area contributed by atoms with Gasteiger partial charge in [0, 0.05) is 5.69 Å². The minimum Gasteiger partial charge on any atom is -0.479 e. The molecule has 2 rings (SSSR count). The number of hydrogen-bond acceptors (Lipinski definition) is 7. The smallest absolute Gasteiger partial charge is 0.335 e. The number of hydrogen-bond donors (Lipinski definition) is 5. The van der Waals surface area contributed by atoms with Crippen molar-refractivity contribution >= 4 is 11.7 Å². The SMILES string of the molecule is Nc1ccc(OC2OC(C(=O)O)C(O)C(O)C2O)cc1. The molecular weight excluding hydrogens is 270 g/mol. The molecule has 0 aromatic heterocycles. The van der Waals surface area contributed by atoms with Crippen LogP contribution in [0.4, 0.5) is 5.69 Å². The number of aliphatic hydroxyl groups is 3. The summed E-state index contributed by atoms with van der Waals surface area (Å²) in [4.78, 5) is 10.9. The van der Waals surface area contributed by atoms with Crippen molar-refractivity contribution in [1.82, 2.24) is 0 Å². The largest absolute Gasteiger partial charge is 0.479 e. The third-order valence-corrected chi connectivity index (χ3v) is 2.95. The van der Waals surface area contributed by atoms with Crippen LogP contribution in [-0.4, -0.2) is 57.1 Å². The molecule has 6 N–H and O–H groups in total. The fourth-order valence-electron chi connectivity index (χ4n) is 1.83. The van der Waals surface area contributed by atoms with Gasteiger partial charge in [-0.05, 0) is 24.3 Å². The maximum atomic E-state index is 10.9. The van der Waals surface area contributed by atoms with Crippen molar-refractivity contribution in [1.29, 1.82) is 0 Å². The highest BCUT2D eigenvalue weighted by molar-refractivity contribution is 5.73. The molecule has 5 atom stereocenters. The first kappa shape index (κ1) is 14.5. The lowest BCUT2D eigenvalue weighted by Crippen LogP contribution is -2.61. The zero-order valence-electron chi connectivity index (χ0n) is 10.3. The van der Waals surface area contributed by atoms with E-state index in [9.17, 15) is 20.1 Å². The number of benzene rings is 1. The number of aliphatic hydroxyl groups excluding tert-OH is 3. The second kappa shape index (κ2) is 5.63. The Morgan fingerprint density at radius 1 is 1.10 bits per heavy atom. The van der Waals surface area contributed by atoms with Crippen LogP contribution in [0.3, 0.4) is 0 Å². The summed E-state index contributed by atoms with van der Waals surface area (Å²) in [7, 11) is 0. The Bertz CT molecular complexity index is 477. The van der Waals surface area contributed by atoms with Crippen molar-refractivity contribution in [3.8, 4) is 5.75 Å². The molecule has 0 saturated carbocycles. The second-order valence-electron chi connectivity index (χ2n) is 4.42. The van der Waals surface area contributed by atoms with Gasteiger partial charge in [0.15, 0.2) is 6.10 Å². The predicted molar refractivity (Wildman–Crippen MR) is 65.8 cm³/mol. The van der Waals surface area contributed by atoms with Gasteiger partial charge >= 0.3 is 5.97 Å². The highest BCUT2D eigenvalue weighted by Crippen LogP contribution is 2.24. The van der Waals surface area contributed by atoms with E-state index in [0.717, 1.165) is 0 Å². The number of anilines is 1. The molecule has 8 heteroatoms. The van der Waals surface area contributed by atoms with Crippen LogP contribution < -0.4 is 10.5 Å². The Labute approximate surface area is 114 Å². The molecule has 1 heterocycles. The van der Waals surface area contributed by atoms with Gasteiger partial charge in [-0.25, -0.2) is 4.79 Å². The van der Waals surface area contributed by atoms with Crippen LogP contribution in [0.1, 0.15) is 0 Å². The summed E-state index contributed by atoms with van der Waals surface area (Å²) in [6.07, 6.45) is -8.12. The third kappa shape index (κ3) is 2.83. The highest BCUT2D eigenvalue weighted by Gasteiger charge is 2.48. The van der Waals surface area contributed by atoms with Gasteiger partial charge in [0.25, 0.3) is 0 Å². The van der Waals surface area contributed by atoms with Crippen molar-refractivity contribution in [2.24, 2.45) is 0 Å². The van der Waals surface area contributed by atoms with Crippen molar-refractivity contribution in [2.45, 2.75) is 30.7 Å². The standard InChI is InChI=1S/C12H15NO7/c13-5-1-3-6(4-2-5)19-12-9(16)7(14)8(15)10(20-12)11(17)18/h1-4,7-10,12,14-16H,13H2,(H,17,18). The lowest BCUT2D eigenvalue weighted by molar-refractivity contribution is -0.271. The van der Waals surface area contributed by atoms with E-state index < -0.39 is 36.7 Å². The van der Waals surface area contributed by atoms with E-state index >= 15 is 0 Å². The fourth-order valence-corrected chi connectivity index (χ4v) is 1.83. The molecule has 5 unspecified atom stereocenters. The maximum Gasteiger partial charge on any atom is 0.335 e. The van der Waals surface area contributed by atoms with Crippen molar-refractivity contribution in [2.75, 3.05) is 5.73 Å². The van der Waals surface area contributed by atoms with E-state index in [1.165, 1.54) is 12.1 Å². The normalized spacial score (nSPS) is 33.6. The minimum absolute atomic E-state index is 0.274. The van der Waals surface area contributed by atoms with Crippen LogP contribution in [-0.2, 0) is 9.53 Å². The number of ether oxygens (including phenoxy) is 2. The Balaban J connectivity index is 2.13. The fraction of sp³-hybridized carbons (Fsp3) is 0.417. The number of nitrogens with two attached hydrogens (primary N) is 1.